The molecule has 102 valence electrons. The van der Waals surface area contributed by atoms with Crippen molar-refractivity contribution in [3.05, 3.63) is 0 Å². The largest absolute Gasteiger partial charge is 0.481 e. The summed E-state index contributed by atoms with van der Waals surface area (Å²) in [6, 6.07) is 0. The zero-order chi connectivity index (χ0) is 14.4. The maximum Gasteiger partial charge on any atom is 0.316 e. The Morgan fingerprint density at radius 3 is 1.35 bits per heavy atom. The van der Waals surface area contributed by atoms with Crippen LogP contribution in [0.3, 0.4) is 0 Å². The molecule has 0 rings (SSSR count). The standard InChI is InChI=1S/2C3H6O2S.C2H4O2S/c1-2(6)3(4)5;4-3(5)1-2-6;3-2(4)1-5/h2,6H,1H3,(H,4,5);6H,1-2H2,(H,4,5);5H,1H2,(H,3,4). The summed E-state index contributed by atoms with van der Waals surface area (Å²) in [4.78, 5) is 28.5. The van der Waals surface area contributed by atoms with Gasteiger partial charge in [0, 0.05) is 5.75 Å². The fraction of sp³-hybridized carbons (Fsp3) is 0.625. The van der Waals surface area contributed by atoms with E-state index in [0.29, 0.717) is 5.75 Å². The number of rotatable bonds is 4. The first-order valence-electron chi connectivity index (χ1n) is 4.25. The van der Waals surface area contributed by atoms with Crippen LogP contribution < -0.4 is 0 Å². The Hall–Kier alpha value is -0.540. The van der Waals surface area contributed by atoms with E-state index in [2.05, 4.69) is 37.9 Å². The number of aliphatic carboxylic acids is 3. The van der Waals surface area contributed by atoms with Crippen molar-refractivity contribution in [3.8, 4) is 0 Å². The molecule has 9 heteroatoms. The Morgan fingerprint density at radius 1 is 1.06 bits per heavy atom. The van der Waals surface area contributed by atoms with Gasteiger partial charge in [-0.05, 0) is 6.92 Å². The Morgan fingerprint density at radius 2 is 1.35 bits per heavy atom. The number of carboxylic acid groups (broad SMARTS) is 3. The SMILES string of the molecule is CC(S)C(=O)O.O=C(O)CCS.O=C(O)CS. The summed E-state index contributed by atoms with van der Waals surface area (Å²) in [6.07, 6.45) is 0.156. The molecule has 0 saturated carbocycles. The van der Waals surface area contributed by atoms with Crippen LogP contribution in [0.2, 0.25) is 0 Å². The van der Waals surface area contributed by atoms with Crippen molar-refractivity contribution in [2.75, 3.05) is 11.5 Å². The average molecular weight is 304 g/mol. The van der Waals surface area contributed by atoms with Crippen LogP contribution in [-0.4, -0.2) is 50.0 Å². The lowest BCUT2D eigenvalue weighted by molar-refractivity contribution is -0.137. The number of hydrogen-bond donors (Lipinski definition) is 6. The fourth-order valence-electron chi connectivity index (χ4n) is 0.0956. The molecule has 3 N–H and O–H groups in total. The van der Waals surface area contributed by atoms with Crippen LogP contribution in [0.4, 0.5) is 0 Å². The van der Waals surface area contributed by atoms with Gasteiger partial charge in [0.05, 0.1) is 17.4 Å². The maximum atomic E-state index is 9.62. The molecule has 17 heavy (non-hydrogen) atoms. The van der Waals surface area contributed by atoms with Gasteiger partial charge in [0.25, 0.3) is 0 Å². The normalized spacial score (nSPS) is 9.88. The maximum absolute atomic E-state index is 9.62. The van der Waals surface area contributed by atoms with E-state index in [9.17, 15) is 14.4 Å². The molecule has 0 fully saturated rings. The summed E-state index contributed by atoms with van der Waals surface area (Å²) in [5.74, 6) is -2.20. The van der Waals surface area contributed by atoms with Gasteiger partial charge in [0.2, 0.25) is 0 Å². The first-order chi connectivity index (χ1) is 7.68. The van der Waals surface area contributed by atoms with Crippen molar-refractivity contribution < 1.29 is 29.7 Å². The van der Waals surface area contributed by atoms with Crippen molar-refractivity contribution in [2.24, 2.45) is 0 Å². The number of carbonyl (C=O) groups is 3. The average Bonchev–Trinajstić information content (AvgIpc) is 2.19. The zero-order valence-electron chi connectivity index (χ0n) is 9.11. The highest BCUT2D eigenvalue weighted by Gasteiger charge is 2.00. The van der Waals surface area contributed by atoms with Gasteiger partial charge in [-0.1, -0.05) is 0 Å². The Bertz CT molecular complexity index is 231. The van der Waals surface area contributed by atoms with Gasteiger partial charge in [0.1, 0.15) is 0 Å². The summed E-state index contributed by atoms with van der Waals surface area (Å²) in [5, 5.41) is 22.9. The highest BCUT2D eigenvalue weighted by Crippen LogP contribution is 1.88. The molecule has 0 aliphatic heterocycles. The smallest absolute Gasteiger partial charge is 0.316 e. The Labute approximate surface area is 116 Å². The quantitative estimate of drug-likeness (QED) is 0.428. The van der Waals surface area contributed by atoms with Crippen molar-refractivity contribution in [1.29, 1.82) is 0 Å². The van der Waals surface area contributed by atoms with E-state index >= 15 is 0 Å². The second kappa shape index (κ2) is 15.5. The van der Waals surface area contributed by atoms with Crippen LogP contribution >= 0.6 is 37.9 Å². The monoisotopic (exact) mass is 304 g/mol. The molecule has 0 radical (unpaired) electrons. The second-order valence-corrected chi connectivity index (χ2v) is 3.97. The fourth-order valence-corrected chi connectivity index (χ4v) is 0.287. The molecule has 0 aliphatic carbocycles. The van der Waals surface area contributed by atoms with E-state index in [-0.39, 0.29) is 12.2 Å². The summed E-state index contributed by atoms with van der Waals surface area (Å²) < 4.78 is 0. The van der Waals surface area contributed by atoms with E-state index in [1.165, 1.54) is 6.92 Å². The molecule has 0 aromatic heterocycles. The summed E-state index contributed by atoms with van der Waals surface area (Å²) in [7, 11) is 0. The van der Waals surface area contributed by atoms with Gasteiger partial charge in [-0.25, -0.2) is 0 Å². The molecule has 1 atom stereocenters. The first-order valence-corrected chi connectivity index (χ1v) is 6.03. The summed E-state index contributed by atoms with van der Waals surface area (Å²) in [5.41, 5.74) is 0. The lowest BCUT2D eigenvalue weighted by Crippen LogP contribution is -2.06. The second-order valence-electron chi connectivity index (χ2n) is 2.43. The van der Waals surface area contributed by atoms with Crippen molar-refractivity contribution >= 4 is 55.8 Å². The number of hydrogen-bond acceptors (Lipinski definition) is 6. The molecule has 0 amide bonds. The van der Waals surface area contributed by atoms with Crippen LogP contribution in [0.5, 0.6) is 0 Å². The molecule has 1 unspecified atom stereocenters. The number of carboxylic acids is 3. The summed E-state index contributed by atoms with van der Waals surface area (Å²) in [6.45, 7) is 1.51. The van der Waals surface area contributed by atoms with E-state index in [4.69, 9.17) is 15.3 Å². The predicted molar refractivity (Wildman–Crippen MR) is 73.7 cm³/mol. The molecule has 6 nitrogen and oxygen atoms in total. The third kappa shape index (κ3) is 39.1. The van der Waals surface area contributed by atoms with Gasteiger partial charge in [-0.3, -0.25) is 14.4 Å². The lowest BCUT2D eigenvalue weighted by Gasteiger charge is -1.88. The van der Waals surface area contributed by atoms with E-state index in [1.807, 2.05) is 0 Å². The third-order valence-electron chi connectivity index (χ3n) is 0.818. The van der Waals surface area contributed by atoms with Gasteiger partial charge in [-0.15, -0.1) is 0 Å². The van der Waals surface area contributed by atoms with Crippen LogP contribution in [-0.2, 0) is 14.4 Å². The van der Waals surface area contributed by atoms with E-state index in [1.54, 1.807) is 0 Å². The van der Waals surface area contributed by atoms with Crippen molar-refractivity contribution in [1.82, 2.24) is 0 Å². The molecule has 0 spiro atoms. The van der Waals surface area contributed by atoms with Crippen LogP contribution in [0.25, 0.3) is 0 Å². The molecule has 0 aromatic rings. The van der Waals surface area contributed by atoms with Crippen molar-refractivity contribution in [3.63, 3.8) is 0 Å². The minimum absolute atomic E-state index is 0.0833. The minimum atomic E-state index is -0.881. The van der Waals surface area contributed by atoms with Gasteiger partial charge < -0.3 is 15.3 Å². The topological polar surface area (TPSA) is 112 Å². The summed E-state index contributed by atoms with van der Waals surface area (Å²) >= 11 is 10.7. The van der Waals surface area contributed by atoms with Crippen molar-refractivity contribution in [2.45, 2.75) is 18.6 Å². The predicted octanol–water partition coefficient (Wildman–Crippen LogP) is 0.781. The van der Waals surface area contributed by atoms with Crippen LogP contribution in [0.15, 0.2) is 0 Å². The third-order valence-corrected chi connectivity index (χ3v) is 1.53. The molecule has 0 saturated heterocycles. The van der Waals surface area contributed by atoms with Crippen LogP contribution in [0.1, 0.15) is 13.3 Å². The minimum Gasteiger partial charge on any atom is -0.481 e. The first kappa shape index (κ1) is 21.7. The molecule has 0 aromatic carbocycles. The van der Waals surface area contributed by atoms with Gasteiger partial charge in [-0.2, -0.15) is 37.9 Å². The van der Waals surface area contributed by atoms with E-state index < -0.39 is 23.2 Å². The van der Waals surface area contributed by atoms with E-state index in [0.717, 1.165) is 0 Å². The van der Waals surface area contributed by atoms with Gasteiger partial charge >= 0.3 is 17.9 Å². The van der Waals surface area contributed by atoms with Gasteiger partial charge in [0.15, 0.2) is 0 Å². The highest BCUT2D eigenvalue weighted by atomic mass is 32.1. The molecule has 0 aliphatic rings. The Kier molecular flexibility index (Phi) is 19.7. The molecule has 0 bridgehead atoms. The molecule has 0 heterocycles. The number of thiol groups is 3. The van der Waals surface area contributed by atoms with Crippen LogP contribution in [0, 0.1) is 0 Å². The lowest BCUT2D eigenvalue weighted by atomic mass is 10.5. The molecular formula is C8H16O6S3. The Balaban J connectivity index is -0.000000174. The molecular weight excluding hydrogens is 288 g/mol. The zero-order valence-corrected chi connectivity index (χ0v) is 11.8. The highest BCUT2D eigenvalue weighted by molar-refractivity contribution is 7.81.